The summed E-state index contributed by atoms with van der Waals surface area (Å²) in [7, 11) is -4.28. The Kier molecular flexibility index (Phi) is 10.8. The third-order valence-electron chi connectivity index (χ3n) is 6.86. The van der Waals surface area contributed by atoms with Gasteiger partial charge < -0.3 is 10.2 Å². The second kappa shape index (κ2) is 13.4. The first-order valence-corrected chi connectivity index (χ1v) is 15.5. The number of sulfonamides is 1. The minimum atomic E-state index is -4.77. The van der Waals surface area contributed by atoms with Crippen molar-refractivity contribution >= 4 is 50.7 Å². The molecule has 40 heavy (non-hydrogen) atoms. The molecule has 2 aromatic rings. The highest BCUT2D eigenvalue weighted by atomic mass is 35.5. The average Bonchev–Trinajstić information content (AvgIpc) is 2.88. The molecule has 220 valence electrons. The maximum atomic E-state index is 13.8. The average molecular weight is 623 g/mol. The Bertz CT molecular complexity index is 1320. The molecule has 2 amide bonds. The highest BCUT2D eigenvalue weighted by molar-refractivity contribution is 7.92. The molecule has 0 spiro atoms. The molecule has 1 aliphatic rings. The van der Waals surface area contributed by atoms with Crippen LogP contribution in [-0.4, -0.2) is 50.0 Å². The van der Waals surface area contributed by atoms with E-state index >= 15 is 0 Å². The van der Waals surface area contributed by atoms with Gasteiger partial charge in [0.05, 0.1) is 22.5 Å². The van der Waals surface area contributed by atoms with Gasteiger partial charge in [-0.3, -0.25) is 13.9 Å². The Balaban J connectivity index is 2.00. The number of alkyl halides is 3. The lowest BCUT2D eigenvalue weighted by molar-refractivity contribution is -0.140. The number of carbonyl (C=O) groups is 2. The molecule has 1 fully saturated rings. The molecule has 0 radical (unpaired) electrons. The van der Waals surface area contributed by atoms with Crippen molar-refractivity contribution in [3.8, 4) is 0 Å². The van der Waals surface area contributed by atoms with E-state index in [-0.39, 0.29) is 24.0 Å². The molecule has 0 unspecified atom stereocenters. The van der Waals surface area contributed by atoms with Crippen LogP contribution in [0.5, 0.6) is 0 Å². The maximum absolute atomic E-state index is 13.8. The van der Waals surface area contributed by atoms with Crippen LogP contribution in [0, 0.1) is 0 Å². The van der Waals surface area contributed by atoms with E-state index in [0.29, 0.717) is 21.0 Å². The molecule has 0 aromatic heterocycles. The molecule has 3 rings (SSSR count). The predicted octanol–water partition coefficient (Wildman–Crippen LogP) is 6.03. The van der Waals surface area contributed by atoms with Crippen molar-refractivity contribution in [3.05, 3.63) is 63.6 Å². The van der Waals surface area contributed by atoms with Crippen LogP contribution in [0.2, 0.25) is 10.0 Å². The summed E-state index contributed by atoms with van der Waals surface area (Å²) in [6.45, 7) is 0.719. The van der Waals surface area contributed by atoms with E-state index < -0.39 is 51.9 Å². The Morgan fingerprint density at radius 1 is 1.05 bits per heavy atom. The number of carbonyl (C=O) groups excluding carboxylic acids is 2. The van der Waals surface area contributed by atoms with Crippen molar-refractivity contribution in [2.75, 3.05) is 17.1 Å². The number of anilines is 1. The van der Waals surface area contributed by atoms with Crippen molar-refractivity contribution in [3.63, 3.8) is 0 Å². The number of rotatable bonds is 10. The van der Waals surface area contributed by atoms with Crippen molar-refractivity contribution in [1.29, 1.82) is 0 Å². The zero-order valence-corrected chi connectivity index (χ0v) is 24.5. The topological polar surface area (TPSA) is 86.8 Å². The van der Waals surface area contributed by atoms with E-state index in [0.717, 1.165) is 50.5 Å². The van der Waals surface area contributed by atoms with Gasteiger partial charge in [0, 0.05) is 17.6 Å². The summed E-state index contributed by atoms with van der Waals surface area (Å²) in [6, 6.07) is 7.91. The lowest BCUT2D eigenvalue weighted by atomic mass is 9.95. The normalized spacial score (nSPS) is 15.4. The first-order chi connectivity index (χ1) is 18.7. The fraction of sp³-hybridized carbons (Fsp3) is 0.481. The molecule has 1 aliphatic carbocycles. The monoisotopic (exact) mass is 621 g/mol. The molecular formula is C27H32Cl2F3N3O4S. The number of benzene rings is 2. The maximum Gasteiger partial charge on any atom is 0.416 e. The van der Waals surface area contributed by atoms with E-state index in [1.54, 1.807) is 31.2 Å². The Labute approximate surface area is 242 Å². The zero-order chi connectivity index (χ0) is 29.7. The SMILES string of the molecule is CC[C@@H](C(=O)NC1CCCCC1)N(Cc1ccccc1Cl)C(=O)CN(c1cc(C(F)(F)F)ccc1Cl)S(C)(=O)=O. The Hall–Kier alpha value is -2.50. The summed E-state index contributed by atoms with van der Waals surface area (Å²) in [6.07, 6.45) is 0.872. The largest absolute Gasteiger partial charge is 0.416 e. The summed E-state index contributed by atoms with van der Waals surface area (Å²) < 4.78 is 66.3. The van der Waals surface area contributed by atoms with Crippen LogP contribution in [0.25, 0.3) is 0 Å². The van der Waals surface area contributed by atoms with Crippen LogP contribution in [0.4, 0.5) is 18.9 Å². The molecule has 1 N–H and O–H groups in total. The van der Waals surface area contributed by atoms with Gasteiger partial charge in [-0.2, -0.15) is 13.2 Å². The molecule has 13 heteroatoms. The summed E-state index contributed by atoms with van der Waals surface area (Å²) in [5, 5.41) is 3.06. The molecule has 0 bridgehead atoms. The molecule has 1 saturated carbocycles. The van der Waals surface area contributed by atoms with Crippen molar-refractivity contribution in [2.45, 2.75) is 70.3 Å². The van der Waals surface area contributed by atoms with Crippen LogP contribution >= 0.6 is 23.2 Å². The minimum Gasteiger partial charge on any atom is -0.352 e. The lowest BCUT2D eigenvalue weighted by Gasteiger charge is -2.34. The number of nitrogens with one attached hydrogen (secondary N) is 1. The van der Waals surface area contributed by atoms with Crippen LogP contribution in [0.3, 0.4) is 0 Å². The van der Waals surface area contributed by atoms with Gasteiger partial charge in [-0.1, -0.05) is 67.6 Å². The van der Waals surface area contributed by atoms with Gasteiger partial charge in [-0.25, -0.2) is 8.42 Å². The first-order valence-electron chi connectivity index (χ1n) is 12.9. The predicted molar refractivity (Wildman–Crippen MR) is 150 cm³/mol. The molecule has 7 nitrogen and oxygen atoms in total. The van der Waals surface area contributed by atoms with E-state index in [4.69, 9.17) is 23.2 Å². The molecule has 0 aliphatic heterocycles. The molecule has 2 aromatic carbocycles. The van der Waals surface area contributed by atoms with Crippen molar-refractivity contribution < 1.29 is 31.2 Å². The molecule has 1 atom stereocenters. The number of nitrogens with zero attached hydrogens (tertiary/aromatic N) is 2. The zero-order valence-electron chi connectivity index (χ0n) is 22.2. The standard InChI is InChI=1S/C27H32Cl2F3N3O4S/c1-3-23(26(37)33-20-10-5-4-6-11-20)34(16-18-9-7-8-12-21(18)28)25(36)17-35(40(2,38)39)24-15-19(27(30,31)32)13-14-22(24)29/h7-9,12-15,20,23H,3-6,10-11,16-17H2,1-2H3,(H,33,37)/t23-/m0/s1. The van der Waals surface area contributed by atoms with E-state index in [1.165, 1.54) is 4.90 Å². The van der Waals surface area contributed by atoms with Crippen LogP contribution < -0.4 is 9.62 Å². The molecule has 0 heterocycles. The summed E-state index contributed by atoms with van der Waals surface area (Å²) in [5.41, 5.74) is -1.10. The van der Waals surface area contributed by atoms with E-state index in [2.05, 4.69) is 5.32 Å². The summed E-state index contributed by atoms with van der Waals surface area (Å²) in [5.74, 6) is -1.19. The first kappa shape index (κ1) is 32.0. The lowest BCUT2D eigenvalue weighted by Crippen LogP contribution is -2.54. The summed E-state index contributed by atoms with van der Waals surface area (Å²) >= 11 is 12.5. The van der Waals surface area contributed by atoms with E-state index in [1.807, 2.05) is 0 Å². The third-order valence-corrected chi connectivity index (χ3v) is 8.67. The number of halogens is 5. The van der Waals surface area contributed by atoms with Gasteiger partial charge >= 0.3 is 6.18 Å². The van der Waals surface area contributed by atoms with Crippen LogP contribution in [0.15, 0.2) is 42.5 Å². The smallest absolute Gasteiger partial charge is 0.352 e. The van der Waals surface area contributed by atoms with Gasteiger partial charge in [-0.15, -0.1) is 0 Å². The number of amides is 2. The number of hydrogen-bond acceptors (Lipinski definition) is 4. The van der Waals surface area contributed by atoms with E-state index in [9.17, 15) is 31.2 Å². The molecule has 0 saturated heterocycles. The van der Waals surface area contributed by atoms with Gasteiger partial charge in [0.1, 0.15) is 12.6 Å². The second-order valence-electron chi connectivity index (χ2n) is 9.81. The van der Waals surface area contributed by atoms with Crippen LogP contribution in [-0.2, 0) is 32.3 Å². The van der Waals surface area contributed by atoms with Gasteiger partial charge in [0.15, 0.2) is 0 Å². The number of hydrogen-bond donors (Lipinski definition) is 1. The Morgan fingerprint density at radius 2 is 1.70 bits per heavy atom. The molecular weight excluding hydrogens is 590 g/mol. The second-order valence-corrected chi connectivity index (χ2v) is 12.5. The van der Waals surface area contributed by atoms with Crippen molar-refractivity contribution in [1.82, 2.24) is 10.2 Å². The van der Waals surface area contributed by atoms with Gasteiger partial charge in [0.2, 0.25) is 21.8 Å². The summed E-state index contributed by atoms with van der Waals surface area (Å²) in [4.78, 5) is 28.4. The van der Waals surface area contributed by atoms with Crippen molar-refractivity contribution in [2.24, 2.45) is 0 Å². The Morgan fingerprint density at radius 3 is 2.27 bits per heavy atom. The third kappa shape index (κ3) is 8.27. The minimum absolute atomic E-state index is 0.0380. The fourth-order valence-corrected chi connectivity index (χ4v) is 6.07. The quantitative estimate of drug-likeness (QED) is 0.351. The van der Waals surface area contributed by atoms with Crippen LogP contribution in [0.1, 0.15) is 56.6 Å². The highest BCUT2D eigenvalue weighted by Crippen LogP contribution is 2.36. The van der Waals surface area contributed by atoms with Gasteiger partial charge in [-0.05, 0) is 49.1 Å². The highest BCUT2D eigenvalue weighted by Gasteiger charge is 2.36. The van der Waals surface area contributed by atoms with Gasteiger partial charge in [0.25, 0.3) is 0 Å². The fourth-order valence-electron chi connectivity index (χ4n) is 4.75.